The number of rotatable bonds is 9. The van der Waals surface area contributed by atoms with Crippen LogP contribution < -0.4 is 0 Å². The van der Waals surface area contributed by atoms with E-state index in [2.05, 4.69) is 15.2 Å². The van der Waals surface area contributed by atoms with E-state index in [1.807, 2.05) is 31.2 Å². The van der Waals surface area contributed by atoms with Gasteiger partial charge in [0.15, 0.2) is 22.6 Å². The Morgan fingerprint density at radius 1 is 0.944 bits per heavy atom. The van der Waals surface area contributed by atoms with Crippen molar-refractivity contribution in [2.45, 2.75) is 42.5 Å². The van der Waals surface area contributed by atoms with Crippen molar-refractivity contribution in [3.63, 3.8) is 0 Å². The van der Waals surface area contributed by atoms with Gasteiger partial charge >= 0.3 is 0 Å². The Hall–Kier alpha value is -3.16. The minimum Gasteiger partial charge on any atom is -0.376 e. The largest absolute Gasteiger partial charge is 0.376 e. The minimum absolute atomic E-state index is 0.246. The highest BCUT2D eigenvalue weighted by molar-refractivity contribution is 7.72. The molecule has 3 aromatic rings. The number of oxime groups is 1. The Morgan fingerprint density at radius 3 is 2.22 bits per heavy atom. The smallest absolute Gasteiger partial charge is 0.256 e. The van der Waals surface area contributed by atoms with E-state index in [9.17, 15) is 8.42 Å². The second kappa shape index (κ2) is 11.7. The van der Waals surface area contributed by atoms with Crippen LogP contribution in [-0.2, 0) is 34.5 Å². The van der Waals surface area contributed by atoms with Crippen LogP contribution in [0.2, 0.25) is 0 Å². The van der Waals surface area contributed by atoms with Gasteiger partial charge in [0.25, 0.3) is 6.29 Å². The Balaban J connectivity index is 1.40. The van der Waals surface area contributed by atoms with Gasteiger partial charge in [-0.15, -0.1) is 5.10 Å². The van der Waals surface area contributed by atoms with Gasteiger partial charge in [0.2, 0.25) is 0 Å². The minimum atomic E-state index is -2.62. The number of hydrogen-bond acceptors (Lipinski definition) is 10. The molecule has 2 heterocycles. The first-order valence-electron chi connectivity index (χ1n) is 11.1. The summed E-state index contributed by atoms with van der Waals surface area (Å²) in [4.78, 5) is 10.2. The summed E-state index contributed by atoms with van der Waals surface area (Å²) in [6.07, 6.45) is 0.935. The van der Waals surface area contributed by atoms with E-state index in [0.717, 1.165) is 11.1 Å². The van der Waals surface area contributed by atoms with Crippen molar-refractivity contribution in [1.29, 1.82) is 0 Å². The van der Waals surface area contributed by atoms with Crippen LogP contribution in [0.15, 0.2) is 64.9 Å². The molecule has 1 fully saturated rings. The molecule has 0 radical (unpaired) electrons. The molecule has 0 unspecified atom stereocenters. The standard InChI is InChI=1S/C24H28N4O7S/c1-15-20(31-2)21(32-3)22(33-4)24(34-15)35-26-13-16-5-7-17(8-6-16)23-25-14-28(27-23)18-9-11-19(12-10-18)36(29)30/h5-15,20-22,24,36H,1-4H3/b26-13+/t15-,20-,21+,22+,24-/m0/s1. The van der Waals surface area contributed by atoms with Gasteiger partial charge < -0.3 is 23.8 Å². The van der Waals surface area contributed by atoms with Crippen molar-refractivity contribution in [2.24, 2.45) is 5.16 Å². The highest BCUT2D eigenvalue weighted by Crippen LogP contribution is 2.27. The van der Waals surface area contributed by atoms with Gasteiger partial charge in [-0.25, -0.2) is 18.1 Å². The van der Waals surface area contributed by atoms with E-state index in [0.29, 0.717) is 11.5 Å². The average Bonchev–Trinajstić information content (AvgIpc) is 3.39. The maximum atomic E-state index is 11.1. The Bertz CT molecular complexity index is 1240. The van der Waals surface area contributed by atoms with Crippen LogP contribution in [0.4, 0.5) is 0 Å². The average molecular weight is 517 g/mol. The third-order valence-electron chi connectivity index (χ3n) is 5.90. The van der Waals surface area contributed by atoms with Gasteiger partial charge in [0, 0.05) is 26.9 Å². The first-order chi connectivity index (χ1) is 17.4. The van der Waals surface area contributed by atoms with E-state index in [1.165, 1.54) is 12.1 Å². The molecule has 1 saturated heterocycles. The molecule has 5 atom stereocenters. The zero-order valence-corrected chi connectivity index (χ0v) is 21.1. The van der Waals surface area contributed by atoms with E-state index in [4.69, 9.17) is 23.8 Å². The maximum Gasteiger partial charge on any atom is 0.256 e. The molecule has 4 rings (SSSR count). The predicted octanol–water partition coefficient (Wildman–Crippen LogP) is 2.04. The molecule has 2 aromatic carbocycles. The van der Waals surface area contributed by atoms with Gasteiger partial charge in [-0.3, -0.25) is 0 Å². The Labute approximate surface area is 210 Å². The quantitative estimate of drug-likeness (QED) is 0.259. The van der Waals surface area contributed by atoms with E-state index >= 15 is 0 Å². The zero-order valence-electron chi connectivity index (χ0n) is 20.3. The van der Waals surface area contributed by atoms with Gasteiger partial charge in [0.1, 0.15) is 18.5 Å². The van der Waals surface area contributed by atoms with Crippen LogP contribution in [0.25, 0.3) is 17.1 Å². The van der Waals surface area contributed by atoms with Crippen LogP contribution in [-0.4, -0.2) is 81.4 Å². The van der Waals surface area contributed by atoms with Gasteiger partial charge in [-0.2, -0.15) is 0 Å². The number of ether oxygens (including phenoxy) is 4. The molecule has 0 saturated carbocycles. The SMILES string of the molecule is CO[C@@H]1[C@@H](OC)[C@H](C)O[C@@H](O/N=C/c2ccc(-c3ncn(-c4ccc([SH](=O)=O)cc4)n3)cc2)[C@@H]1OC. The normalized spacial score (nSPS) is 24.4. The monoisotopic (exact) mass is 516 g/mol. The lowest BCUT2D eigenvalue weighted by Crippen LogP contribution is -2.59. The van der Waals surface area contributed by atoms with E-state index < -0.39 is 23.1 Å². The molecule has 1 aliphatic rings. The molecule has 0 N–H and O–H groups in total. The number of nitrogens with zero attached hydrogens (tertiary/aromatic N) is 4. The molecule has 1 aliphatic heterocycles. The molecule has 0 amide bonds. The fraction of sp³-hybridized carbons (Fsp3) is 0.375. The molecule has 36 heavy (non-hydrogen) atoms. The molecule has 192 valence electrons. The molecule has 11 nitrogen and oxygen atoms in total. The topological polar surface area (TPSA) is 123 Å². The zero-order chi connectivity index (χ0) is 25.7. The fourth-order valence-electron chi connectivity index (χ4n) is 4.02. The Kier molecular flexibility index (Phi) is 8.44. The van der Waals surface area contributed by atoms with Crippen LogP contribution >= 0.6 is 0 Å². The molecule has 1 aromatic heterocycles. The van der Waals surface area contributed by atoms with Crippen molar-refractivity contribution in [2.75, 3.05) is 21.3 Å². The van der Waals surface area contributed by atoms with Crippen molar-refractivity contribution >= 4 is 16.9 Å². The van der Waals surface area contributed by atoms with Crippen molar-refractivity contribution < 1.29 is 32.2 Å². The van der Waals surface area contributed by atoms with Crippen LogP contribution in [0.1, 0.15) is 12.5 Å². The number of benzene rings is 2. The molecule has 12 heteroatoms. The number of aromatic nitrogens is 3. The molecular formula is C24H28N4O7S. The van der Waals surface area contributed by atoms with Gasteiger partial charge in [-0.05, 0) is 36.8 Å². The summed E-state index contributed by atoms with van der Waals surface area (Å²) in [6, 6.07) is 13.9. The van der Waals surface area contributed by atoms with Crippen molar-refractivity contribution in [1.82, 2.24) is 14.8 Å². The van der Waals surface area contributed by atoms with Crippen LogP contribution in [0, 0.1) is 0 Å². The molecule has 0 spiro atoms. The van der Waals surface area contributed by atoms with Gasteiger partial charge in [0.05, 0.1) is 22.9 Å². The lowest BCUT2D eigenvalue weighted by Gasteiger charge is -2.42. The van der Waals surface area contributed by atoms with E-state index in [1.54, 1.807) is 50.7 Å². The van der Waals surface area contributed by atoms with Crippen LogP contribution in [0.5, 0.6) is 0 Å². The number of thiol groups is 1. The Morgan fingerprint density at radius 2 is 1.61 bits per heavy atom. The summed E-state index contributed by atoms with van der Waals surface area (Å²) in [6.45, 7) is 1.88. The maximum absolute atomic E-state index is 11.1. The number of hydrogen-bond donors (Lipinski definition) is 1. The third kappa shape index (κ3) is 5.63. The summed E-state index contributed by atoms with van der Waals surface area (Å²) in [7, 11) is 2.13. The second-order valence-electron chi connectivity index (χ2n) is 8.06. The van der Waals surface area contributed by atoms with Gasteiger partial charge in [-0.1, -0.05) is 29.4 Å². The molecular weight excluding hydrogens is 488 g/mol. The highest BCUT2D eigenvalue weighted by atomic mass is 32.2. The summed E-state index contributed by atoms with van der Waals surface area (Å²) < 4.78 is 46.2. The van der Waals surface area contributed by atoms with Crippen molar-refractivity contribution in [3.05, 3.63) is 60.4 Å². The number of methoxy groups -OCH3 is 3. The first kappa shape index (κ1) is 25.9. The third-order valence-corrected chi connectivity index (χ3v) is 6.62. The lowest BCUT2D eigenvalue weighted by molar-refractivity contribution is -0.305. The molecule has 0 bridgehead atoms. The fourth-order valence-corrected chi connectivity index (χ4v) is 4.41. The van der Waals surface area contributed by atoms with Crippen LogP contribution in [0.3, 0.4) is 0 Å². The second-order valence-corrected chi connectivity index (χ2v) is 9.09. The van der Waals surface area contributed by atoms with Crippen molar-refractivity contribution in [3.8, 4) is 17.1 Å². The van der Waals surface area contributed by atoms with E-state index in [-0.39, 0.29) is 23.2 Å². The summed E-state index contributed by atoms with van der Waals surface area (Å²) >= 11 is 0. The lowest BCUT2D eigenvalue weighted by atomic mass is 9.99. The highest BCUT2D eigenvalue weighted by Gasteiger charge is 2.46. The predicted molar refractivity (Wildman–Crippen MR) is 131 cm³/mol. The summed E-state index contributed by atoms with van der Waals surface area (Å²) in [5.41, 5.74) is 2.32. The molecule has 0 aliphatic carbocycles. The summed E-state index contributed by atoms with van der Waals surface area (Å²) in [5, 5.41) is 8.55. The first-order valence-corrected chi connectivity index (χ1v) is 12.3. The summed E-state index contributed by atoms with van der Waals surface area (Å²) in [5.74, 6) is 0.527.